The number of halogens is 2. The minimum atomic E-state index is 0.276. The van der Waals surface area contributed by atoms with Crippen LogP contribution in [0.2, 0.25) is 5.02 Å². The largest absolute Gasteiger partial charge is 0.330 e. The second-order valence-electron chi connectivity index (χ2n) is 5.21. The van der Waals surface area contributed by atoms with E-state index in [1.54, 1.807) is 0 Å². The van der Waals surface area contributed by atoms with Crippen LogP contribution in [-0.2, 0) is 6.54 Å². The lowest BCUT2D eigenvalue weighted by Crippen LogP contribution is -2.31. The van der Waals surface area contributed by atoms with Crippen molar-refractivity contribution in [1.29, 1.82) is 0 Å². The van der Waals surface area contributed by atoms with Crippen LogP contribution >= 0.6 is 27.5 Å². The summed E-state index contributed by atoms with van der Waals surface area (Å²) in [6, 6.07) is 6.01. The van der Waals surface area contributed by atoms with Crippen molar-refractivity contribution in [2.45, 2.75) is 19.9 Å². The average Bonchev–Trinajstić information content (AvgIpc) is 2.67. The Morgan fingerprint density at radius 2 is 2.29 bits per heavy atom. The molecule has 1 saturated heterocycles. The molecule has 0 radical (unpaired) electrons. The molecule has 1 aromatic rings. The second kappa shape index (κ2) is 5.27. The summed E-state index contributed by atoms with van der Waals surface area (Å²) in [5.74, 6) is 0. The van der Waals surface area contributed by atoms with E-state index in [-0.39, 0.29) is 5.41 Å². The van der Waals surface area contributed by atoms with Crippen LogP contribution in [0.25, 0.3) is 0 Å². The quantitative estimate of drug-likeness (QED) is 0.927. The first-order valence-electron chi connectivity index (χ1n) is 5.89. The number of hydrogen-bond acceptors (Lipinski definition) is 2. The summed E-state index contributed by atoms with van der Waals surface area (Å²) in [4.78, 5) is 2.43. The van der Waals surface area contributed by atoms with Crippen LogP contribution in [0.15, 0.2) is 22.7 Å². The SMILES string of the molecule is CC1(CN)CCN(Cc2cc(Br)ccc2Cl)C1. The molecule has 0 spiro atoms. The molecule has 1 aliphatic rings. The van der Waals surface area contributed by atoms with Crippen LogP contribution in [0.5, 0.6) is 0 Å². The van der Waals surface area contributed by atoms with Crippen LogP contribution < -0.4 is 5.73 Å². The number of nitrogens with zero attached hydrogens (tertiary/aromatic N) is 1. The maximum Gasteiger partial charge on any atom is 0.0451 e. The van der Waals surface area contributed by atoms with E-state index in [2.05, 4.69) is 33.8 Å². The molecule has 1 unspecified atom stereocenters. The molecular weight excluding hydrogens is 300 g/mol. The van der Waals surface area contributed by atoms with E-state index in [1.807, 2.05) is 12.1 Å². The van der Waals surface area contributed by atoms with Gasteiger partial charge >= 0.3 is 0 Å². The number of nitrogens with two attached hydrogens (primary N) is 1. The van der Waals surface area contributed by atoms with Crippen molar-refractivity contribution in [1.82, 2.24) is 4.90 Å². The summed E-state index contributed by atoms with van der Waals surface area (Å²) in [6.07, 6.45) is 1.18. The van der Waals surface area contributed by atoms with Crippen molar-refractivity contribution in [2.75, 3.05) is 19.6 Å². The summed E-state index contributed by atoms with van der Waals surface area (Å²) in [5.41, 5.74) is 7.28. The van der Waals surface area contributed by atoms with Gasteiger partial charge in [0.25, 0.3) is 0 Å². The molecule has 0 aliphatic carbocycles. The highest BCUT2D eigenvalue weighted by molar-refractivity contribution is 9.10. The first-order valence-corrected chi connectivity index (χ1v) is 7.06. The molecule has 1 heterocycles. The van der Waals surface area contributed by atoms with Crippen molar-refractivity contribution in [2.24, 2.45) is 11.1 Å². The van der Waals surface area contributed by atoms with Gasteiger partial charge in [-0.2, -0.15) is 0 Å². The van der Waals surface area contributed by atoms with Crippen molar-refractivity contribution in [3.05, 3.63) is 33.3 Å². The zero-order valence-corrected chi connectivity index (χ0v) is 12.4. The van der Waals surface area contributed by atoms with Gasteiger partial charge in [-0.1, -0.05) is 34.5 Å². The molecule has 0 saturated carbocycles. The molecule has 2 nitrogen and oxygen atoms in total. The van der Waals surface area contributed by atoms with Gasteiger partial charge < -0.3 is 5.73 Å². The lowest BCUT2D eigenvalue weighted by Gasteiger charge is -2.22. The molecule has 2 N–H and O–H groups in total. The first kappa shape index (κ1) is 13.3. The smallest absolute Gasteiger partial charge is 0.0451 e. The Labute approximate surface area is 116 Å². The van der Waals surface area contributed by atoms with E-state index in [9.17, 15) is 0 Å². The van der Waals surface area contributed by atoms with Gasteiger partial charge in [0.05, 0.1) is 0 Å². The molecule has 0 aromatic heterocycles. The zero-order chi connectivity index (χ0) is 12.5. The molecule has 1 aliphatic heterocycles. The van der Waals surface area contributed by atoms with Crippen LogP contribution in [0.1, 0.15) is 18.9 Å². The lowest BCUT2D eigenvalue weighted by atomic mass is 9.90. The first-order chi connectivity index (χ1) is 8.02. The Morgan fingerprint density at radius 1 is 1.53 bits per heavy atom. The van der Waals surface area contributed by atoms with Crippen molar-refractivity contribution in [3.8, 4) is 0 Å². The molecule has 94 valence electrons. The van der Waals surface area contributed by atoms with Crippen LogP contribution in [-0.4, -0.2) is 24.5 Å². The fourth-order valence-corrected chi connectivity index (χ4v) is 2.92. The number of likely N-dealkylation sites (tertiary alicyclic amines) is 1. The Kier molecular flexibility index (Phi) is 4.14. The highest BCUT2D eigenvalue weighted by Gasteiger charge is 2.32. The highest BCUT2D eigenvalue weighted by Crippen LogP contribution is 2.31. The molecule has 1 aromatic carbocycles. The van der Waals surface area contributed by atoms with Gasteiger partial charge in [-0.15, -0.1) is 0 Å². The van der Waals surface area contributed by atoms with E-state index in [0.29, 0.717) is 0 Å². The van der Waals surface area contributed by atoms with Gasteiger partial charge in [0.2, 0.25) is 0 Å². The fraction of sp³-hybridized carbons (Fsp3) is 0.538. The fourth-order valence-electron chi connectivity index (χ4n) is 2.33. The van der Waals surface area contributed by atoms with Crippen molar-refractivity contribution >= 4 is 27.5 Å². The van der Waals surface area contributed by atoms with E-state index >= 15 is 0 Å². The standard InChI is InChI=1S/C13H18BrClN2/c1-13(8-16)4-5-17(9-13)7-10-6-11(14)2-3-12(10)15/h2-3,6H,4-5,7-9,16H2,1H3. The molecule has 2 rings (SSSR count). The Morgan fingerprint density at radius 3 is 2.94 bits per heavy atom. The van der Waals surface area contributed by atoms with E-state index in [0.717, 1.165) is 35.7 Å². The average molecular weight is 318 g/mol. The second-order valence-corrected chi connectivity index (χ2v) is 6.53. The molecule has 1 atom stereocenters. The number of rotatable bonds is 3. The molecule has 1 fully saturated rings. The zero-order valence-electron chi connectivity index (χ0n) is 10.0. The molecular formula is C13H18BrClN2. The normalized spacial score (nSPS) is 25.4. The van der Waals surface area contributed by atoms with E-state index < -0.39 is 0 Å². The van der Waals surface area contributed by atoms with Gasteiger partial charge in [-0.3, -0.25) is 4.90 Å². The summed E-state index contributed by atoms with van der Waals surface area (Å²) in [7, 11) is 0. The lowest BCUT2D eigenvalue weighted by molar-refractivity contribution is 0.274. The number of benzene rings is 1. The predicted molar refractivity (Wildman–Crippen MR) is 76.2 cm³/mol. The van der Waals surface area contributed by atoms with Gasteiger partial charge in [0, 0.05) is 22.6 Å². The third kappa shape index (κ3) is 3.22. The van der Waals surface area contributed by atoms with Crippen molar-refractivity contribution < 1.29 is 0 Å². The van der Waals surface area contributed by atoms with Crippen LogP contribution in [0.3, 0.4) is 0 Å². The summed E-state index contributed by atoms with van der Waals surface area (Å²) >= 11 is 9.69. The third-order valence-electron chi connectivity index (χ3n) is 3.53. The Bertz CT molecular complexity index is 410. The van der Waals surface area contributed by atoms with Gasteiger partial charge in [0.1, 0.15) is 0 Å². The Hall–Kier alpha value is -0.0900. The highest BCUT2D eigenvalue weighted by atomic mass is 79.9. The number of hydrogen-bond donors (Lipinski definition) is 1. The van der Waals surface area contributed by atoms with E-state index in [4.69, 9.17) is 17.3 Å². The van der Waals surface area contributed by atoms with Gasteiger partial charge in [0.15, 0.2) is 0 Å². The minimum absolute atomic E-state index is 0.276. The monoisotopic (exact) mass is 316 g/mol. The summed E-state index contributed by atoms with van der Waals surface area (Å²) in [6.45, 7) is 6.10. The van der Waals surface area contributed by atoms with E-state index in [1.165, 1.54) is 12.0 Å². The maximum atomic E-state index is 6.21. The maximum absolute atomic E-state index is 6.21. The Balaban J connectivity index is 2.05. The third-order valence-corrected chi connectivity index (χ3v) is 4.39. The topological polar surface area (TPSA) is 29.3 Å². The minimum Gasteiger partial charge on any atom is -0.330 e. The van der Waals surface area contributed by atoms with Crippen molar-refractivity contribution in [3.63, 3.8) is 0 Å². The molecule has 0 bridgehead atoms. The van der Waals surface area contributed by atoms with Crippen LogP contribution in [0, 0.1) is 5.41 Å². The molecule has 4 heteroatoms. The van der Waals surface area contributed by atoms with Crippen LogP contribution in [0.4, 0.5) is 0 Å². The molecule has 17 heavy (non-hydrogen) atoms. The predicted octanol–water partition coefficient (Wildman–Crippen LogP) is 3.27. The van der Waals surface area contributed by atoms with Gasteiger partial charge in [-0.05, 0) is 48.7 Å². The summed E-state index contributed by atoms with van der Waals surface area (Å²) < 4.78 is 1.08. The summed E-state index contributed by atoms with van der Waals surface area (Å²) in [5, 5.41) is 0.842. The molecule has 0 amide bonds. The van der Waals surface area contributed by atoms with Gasteiger partial charge in [-0.25, -0.2) is 0 Å².